The summed E-state index contributed by atoms with van der Waals surface area (Å²) in [7, 11) is 5.56. The van der Waals surface area contributed by atoms with Crippen molar-refractivity contribution in [3.63, 3.8) is 0 Å². The van der Waals surface area contributed by atoms with Crippen LogP contribution in [-0.2, 0) is 10.3 Å². The van der Waals surface area contributed by atoms with E-state index < -0.39 is 11.4 Å². The third-order valence-corrected chi connectivity index (χ3v) is 13.8. The molecule has 4 aliphatic rings. The average Bonchev–Trinajstić information content (AvgIpc) is 3.30. The number of benzene rings is 2. The second-order valence-corrected chi connectivity index (χ2v) is 18.7. The minimum atomic E-state index is -1.38. The minimum Gasteiger partial charge on any atom is -0.457 e. The lowest BCUT2D eigenvalue weighted by Gasteiger charge is -2.43. The number of likely N-dealkylation sites (N-methyl/N-ethyl adjacent to an activating group) is 2. The van der Waals surface area contributed by atoms with Crippen LogP contribution in [0.15, 0.2) is 48.5 Å². The van der Waals surface area contributed by atoms with Crippen molar-refractivity contribution in [1.29, 1.82) is 0 Å². The predicted molar refractivity (Wildman–Crippen MR) is 247 cm³/mol. The van der Waals surface area contributed by atoms with Crippen molar-refractivity contribution in [3.8, 4) is 11.5 Å². The van der Waals surface area contributed by atoms with Crippen molar-refractivity contribution >= 4 is 12.1 Å². The number of amides is 4. The van der Waals surface area contributed by atoms with E-state index in [0.29, 0.717) is 55.5 Å². The number of hydrogen-bond donors (Lipinski definition) is 5. The molecule has 2 aromatic carbocycles. The lowest BCUT2D eigenvalue weighted by atomic mass is 9.73. The molecule has 2 aliphatic heterocycles. The van der Waals surface area contributed by atoms with Crippen molar-refractivity contribution in [3.05, 3.63) is 59.9 Å². The molecular formula is C50H81FN6O5. The number of aliphatic hydroxyl groups is 1. The van der Waals surface area contributed by atoms with Gasteiger partial charge in [-0.3, -0.25) is 0 Å². The molecule has 2 heterocycles. The molecule has 2 saturated heterocycles. The zero-order valence-corrected chi connectivity index (χ0v) is 38.5. The van der Waals surface area contributed by atoms with Gasteiger partial charge in [-0.05, 0) is 120 Å². The van der Waals surface area contributed by atoms with Crippen molar-refractivity contribution in [2.45, 2.75) is 146 Å². The molecule has 6 rings (SSSR count). The SMILES string of the molecule is CNC[C@H](CC1CCCCC1)NC(=O)N1CCCCC1.CNC[C@H](CC1CCCCC1)NC(=O)N1CCC[C@@H]([C@@](O)(CCCCOC)c2cc(F)ccc2Oc2ccccc2)C1. The number of ether oxygens (including phenoxy) is 2. The molecular weight excluding hydrogens is 784 g/mol. The Morgan fingerprint density at radius 1 is 0.742 bits per heavy atom. The number of hydrogen-bond acceptors (Lipinski definition) is 7. The smallest absolute Gasteiger partial charge is 0.317 e. The van der Waals surface area contributed by atoms with Gasteiger partial charge in [0.2, 0.25) is 0 Å². The van der Waals surface area contributed by atoms with Gasteiger partial charge >= 0.3 is 12.1 Å². The number of halogens is 1. The molecule has 0 bridgehead atoms. The highest BCUT2D eigenvalue weighted by atomic mass is 19.1. The Morgan fingerprint density at radius 2 is 1.31 bits per heavy atom. The molecule has 4 fully saturated rings. The van der Waals surface area contributed by atoms with Gasteiger partial charge in [0.15, 0.2) is 0 Å². The fourth-order valence-corrected chi connectivity index (χ4v) is 10.5. The summed E-state index contributed by atoms with van der Waals surface area (Å²) in [6.45, 7) is 5.09. The predicted octanol–water partition coefficient (Wildman–Crippen LogP) is 9.34. The van der Waals surface area contributed by atoms with E-state index in [-0.39, 0.29) is 30.1 Å². The zero-order chi connectivity index (χ0) is 44.0. The number of unbranched alkanes of at least 4 members (excludes halogenated alkanes) is 1. The summed E-state index contributed by atoms with van der Waals surface area (Å²) in [5.74, 6) is 1.80. The van der Waals surface area contributed by atoms with E-state index in [2.05, 4.69) is 21.3 Å². The summed E-state index contributed by atoms with van der Waals surface area (Å²) in [6.07, 6.45) is 22.3. The molecule has 5 N–H and O–H groups in total. The van der Waals surface area contributed by atoms with Crippen molar-refractivity contribution in [1.82, 2.24) is 31.1 Å². The molecule has 2 aromatic rings. The molecule has 0 unspecified atom stereocenters. The van der Waals surface area contributed by atoms with Gasteiger partial charge in [0.05, 0.1) is 5.60 Å². The number of nitrogens with one attached hydrogen (secondary N) is 4. The second-order valence-electron chi connectivity index (χ2n) is 18.7. The number of likely N-dealkylation sites (tertiary alicyclic amines) is 2. The van der Waals surface area contributed by atoms with Crippen LogP contribution in [0.5, 0.6) is 11.5 Å². The Kier molecular flexibility index (Phi) is 21.6. The van der Waals surface area contributed by atoms with Gasteiger partial charge in [-0.2, -0.15) is 0 Å². The second kappa shape index (κ2) is 27.0. The van der Waals surface area contributed by atoms with E-state index >= 15 is 0 Å². The first-order valence-electron chi connectivity index (χ1n) is 24.4. The van der Waals surface area contributed by atoms with Crippen LogP contribution in [0.4, 0.5) is 14.0 Å². The first kappa shape index (κ1) is 49.6. The van der Waals surface area contributed by atoms with Crippen molar-refractivity contribution in [2.24, 2.45) is 17.8 Å². The van der Waals surface area contributed by atoms with Crippen LogP contribution >= 0.6 is 0 Å². The summed E-state index contributed by atoms with van der Waals surface area (Å²) in [5, 5.41) is 25.6. The third kappa shape index (κ3) is 16.0. The summed E-state index contributed by atoms with van der Waals surface area (Å²) >= 11 is 0. The first-order valence-corrected chi connectivity index (χ1v) is 24.4. The van der Waals surface area contributed by atoms with Crippen LogP contribution in [0.2, 0.25) is 0 Å². The lowest BCUT2D eigenvalue weighted by molar-refractivity contribution is -0.0577. The quantitative estimate of drug-likeness (QED) is 0.0892. The normalized spacial score (nSPS) is 20.9. The molecule has 0 spiro atoms. The van der Waals surface area contributed by atoms with Gasteiger partial charge in [0.1, 0.15) is 17.3 Å². The number of piperidine rings is 2. The molecule has 4 amide bonds. The third-order valence-electron chi connectivity index (χ3n) is 13.8. The Bertz CT molecular complexity index is 1570. The number of carbonyl (C=O) groups excluding carboxylic acids is 2. The lowest BCUT2D eigenvalue weighted by Crippen LogP contribution is -2.54. The molecule has 4 atom stereocenters. The molecule has 0 aromatic heterocycles. The standard InChI is InChI=1S/C34H50FN3O4.C16H31N3O/c1-36-24-29(22-26-12-5-3-6-13-26)37-33(39)38-20-11-14-27(25-38)34(40,19-9-10-21-41-2)31-23-28(35)17-18-32(31)42-30-15-7-4-8-16-30;1-17-13-15(12-14-8-4-2-5-9-14)18-16(20)19-10-6-3-7-11-19/h4,7-8,15-18,23,26-27,29,36,40H,3,5-6,9-14,19-22,24-25H2,1-2H3,(H,37,39);14-15,17H,2-13H2,1H3,(H,18,20)/t27-,29+,34+;15-/m10/s1. The van der Waals surface area contributed by atoms with Crippen LogP contribution in [0, 0.1) is 23.6 Å². The summed E-state index contributed by atoms with van der Waals surface area (Å²) in [6, 6.07) is 14.1. The Hall–Kier alpha value is -3.45. The van der Waals surface area contributed by atoms with Crippen molar-refractivity contribution in [2.75, 3.05) is 67.1 Å². The van der Waals surface area contributed by atoms with E-state index in [4.69, 9.17) is 9.47 Å². The highest BCUT2D eigenvalue weighted by Gasteiger charge is 2.43. The van der Waals surface area contributed by atoms with Crippen LogP contribution < -0.4 is 26.0 Å². The zero-order valence-electron chi connectivity index (χ0n) is 38.5. The van der Waals surface area contributed by atoms with E-state index in [1.54, 1.807) is 13.2 Å². The summed E-state index contributed by atoms with van der Waals surface area (Å²) < 4.78 is 26.2. The number of carbonyl (C=O) groups is 2. The maximum Gasteiger partial charge on any atom is 0.317 e. The Morgan fingerprint density at radius 3 is 1.89 bits per heavy atom. The minimum absolute atomic E-state index is 0.0630. The number of nitrogens with zero attached hydrogens (tertiary/aromatic N) is 2. The van der Waals surface area contributed by atoms with Gasteiger partial charge in [-0.1, -0.05) is 82.4 Å². The van der Waals surface area contributed by atoms with Crippen LogP contribution in [0.3, 0.4) is 0 Å². The highest BCUT2D eigenvalue weighted by molar-refractivity contribution is 5.75. The molecule has 348 valence electrons. The number of rotatable bonds is 19. The molecule has 62 heavy (non-hydrogen) atoms. The number of methoxy groups -OCH3 is 1. The molecule has 2 aliphatic carbocycles. The Balaban J connectivity index is 0.000000302. The van der Waals surface area contributed by atoms with Gasteiger partial charge < -0.3 is 45.6 Å². The van der Waals surface area contributed by atoms with E-state index in [1.807, 2.05) is 54.2 Å². The topological polar surface area (TPSA) is 127 Å². The highest BCUT2D eigenvalue weighted by Crippen LogP contribution is 2.45. The van der Waals surface area contributed by atoms with E-state index in [1.165, 1.54) is 82.8 Å². The monoisotopic (exact) mass is 865 g/mol. The van der Waals surface area contributed by atoms with Crippen LogP contribution in [-0.4, -0.2) is 106 Å². The van der Waals surface area contributed by atoms with Crippen LogP contribution in [0.25, 0.3) is 0 Å². The number of para-hydroxylation sites is 1. The molecule has 0 radical (unpaired) electrons. The van der Waals surface area contributed by atoms with E-state index in [9.17, 15) is 19.1 Å². The Labute approximate surface area is 373 Å². The van der Waals surface area contributed by atoms with Gasteiger partial charge in [0.25, 0.3) is 0 Å². The van der Waals surface area contributed by atoms with Crippen LogP contribution in [0.1, 0.15) is 134 Å². The summed E-state index contributed by atoms with van der Waals surface area (Å²) in [4.78, 5) is 29.7. The van der Waals surface area contributed by atoms with Gasteiger partial charge in [-0.15, -0.1) is 0 Å². The van der Waals surface area contributed by atoms with Gasteiger partial charge in [-0.25, -0.2) is 14.0 Å². The molecule has 12 heteroatoms. The molecule has 2 saturated carbocycles. The maximum absolute atomic E-state index is 14.8. The first-order chi connectivity index (χ1) is 30.2. The fourth-order valence-electron chi connectivity index (χ4n) is 10.5. The molecule has 11 nitrogen and oxygen atoms in total. The fraction of sp³-hybridized carbons (Fsp3) is 0.720. The number of urea groups is 2. The summed E-state index contributed by atoms with van der Waals surface area (Å²) in [5.41, 5.74) is -0.952. The van der Waals surface area contributed by atoms with Gasteiger partial charge in [0, 0.05) is 76.6 Å². The average molecular weight is 865 g/mol. The maximum atomic E-state index is 14.8. The largest absolute Gasteiger partial charge is 0.457 e. The van der Waals surface area contributed by atoms with Crippen molar-refractivity contribution < 1.29 is 28.6 Å². The van der Waals surface area contributed by atoms with E-state index in [0.717, 1.165) is 77.0 Å².